The molecule has 0 fully saturated rings. The predicted octanol–water partition coefficient (Wildman–Crippen LogP) is 3.60. The summed E-state index contributed by atoms with van der Waals surface area (Å²) in [5.74, 6) is 0. The van der Waals surface area contributed by atoms with E-state index in [2.05, 4.69) is 15.3 Å². The second kappa shape index (κ2) is 5.44. The molecule has 2 aromatic rings. The second-order valence-electron chi connectivity index (χ2n) is 3.65. The monoisotopic (exact) mass is 307 g/mol. The molecule has 0 saturated heterocycles. The Morgan fingerprint density at radius 3 is 2.74 bits per heavy atom. The summed E-state index contributed by atoms with van der Waals surface area (Å²) < 4.78 is 38.6. The van der Waals surface area contributed by atoms with Gasteiger partial charge in [0, 0.05) is 12.7 Å². The van der Waals surface area contributed by atoms with Crippen molar-refractivity contribution >= 4 is 22.9 Å². The fourth-order valence-electron chi connectivity index (χ4n) is 1.50. The van der Waals surface area contributed by atoms with E-state index in [0.29, 0.717) is 0 Å². The number of alkyl halides is 3. The average Bonchev–Trinajstić information content (AvgIpc) is 2.74. The molecule has 2 aromatic heterocycles. The van der Waals surface area contributed by atoms with Crippen LogP contribution in [0.15, 0.2) is 18.3 Å². The van der Waals surface area contributed by atoms with E-state index in [1.54, 1.807) is 19.2 Å². The van der Waals surface area contributed by atoms with Gasteiger partial charge in [-0.3, -0.25) is 4.98 Å². The fraction of sp³-hybridized carbons (Fsp3) is 0.273. The number of rotatable bonds is 3. The minimum atomic E-state index is -4.48. The van der Waals surface area contributed by atoms with Gasteiger partial charge in [0.25, 0.3) is 0 Å². The van der Waals surface area contributed by atoms with Crippen LogP contribution in [0, 0.1) is 0 Å². The van der Waals surface area contributed by atoms with E-state index < -0.39 is 11.9 Å². The highest BCUT2D eigenvalue weighted by molar-refractivity contribution is 7.15. The van der Waals surface area contributed by atoms with Crippen LogP contribution >= 0.6 is 22.9 Å². The number of nitrogens with one attached hydrogen (secondary N) is 1. The highest BCUT2D eigenvalue weighted by atomic mass is 35.5. The van der Waals surface area contributed by atoms with Crippen molar-refractivity contribution < 1.29 is 13.2 Å². The van der Waals surface area contributed by atoms with Gasteiger partial charge in [0.2, 0.25) is 0 Å². The van der Waals surface area contributed by atoms with Gasteiger partial charge in [0.1, 0.15) is 10.7 Å². The third kappa shape index (κ3) is 3.05. The zero-order valence-electron chi connectivity index (χ0n) is 9.75. The molecule has 0 bridgehead atoms. The van der Waals surface area contributed by atoms with Gasteiger partial charge in [-0.05, 0) is 19.2 Å². The van der Waals surface area contributed by atoms with Crippen molar-refractivity contribution in [1.82, 2.24) is 15.3 Å². The molecule has 0 aliphatic heterocycles. The lowest BCUT2D eigenvalue weighted by atomic mass is 10.3. The largest absolute Gasteiger partial charge is 0.434 e. The van der Waals surface area contributed by atoms with Crippen molar-refractivity contribution in [3.8, 4) is 10.7 Å². The molecule has 0 atom stereocenters. The maximum absolute atomic E-state index is 12.9. The number of nitrogens with zero attached hydrogens (tertiary/aromatic N) is 2. The van der Waals surface area contributed by atoms with Crippen molar-refractivity contribution in [3.63, 3.8) is 0 Å². The first-order chi connectivity index (χ1) is 8.93. The van der Waals surface area contributed by atoms with Crippen LogP contribution in [0.3, 0.4) is 0 Å². The van der Waals surface area contributed by atoms with Crippen LogP contribution in [0.25, 0.3) is 10.7 Å². The Hall–Kier alpha value is -1.18. The summed E-state index contributed by atoms with van der Waals surface area (Å²) in [5, 5.41) is 3.14. The summed E-state index contributed by atoms with van der Waals surface area (Å²) in [5.41, 5.74) is -0.620. The van der Waals surface area contributed by atoms with Gasteiger partial charge in [-0.2, -0.15) is 13.2 Å². The van der Waals surface area contributed by atoms with Crippen molar-refractivity contribution in [3.05, 3.63) is 33.9 Å². The Labute approximate surface area is 116 Å². The number of pyridine rings is 1. The number of halogens is 4. The minimum Gasteiger partial charge on any atom is -0.315 e. The summed E-state index contributed by atoms with van der Waals surface area (Å²) in [6.45, 7) is 0.0942. The Bertz CT molecular complexity index is 583. The molecular formula is C11H9ClF3N3S. The molecule has 0 radical (unpaired) electrons. The molecule has 0 aliphatic rings. The van der Waals surface area contributed by atoms with Gasteiger partial charge < -0.3 is 5.32 Å². The van der Waals surface area contributed by atoms with Gasteiger partial charge >= 0.3 is 6.18 Å². The first-order valence-corrected chi connectivity index (χ1v) is 6.45. The number of aromatic nitrogens is 2. The summed E-state index contributed by atoms with van der Waals surface area (Å²) in [6.07, 6.45) is -3.02. The Kier molecular flexibility index (Phi) is 4.07. The van der Waals surface area contributed by atoms with Crippen LogP contribution in [0.4, 0.5) is 13.2 Å². The molecule has 0 saturated carbocycles. The van der Waals surface area contributed by atoms with Crippen LogP contribution in [0.5, 0.6) is 0 Å². The van der Waals surface area contributed by atoms with Gasteiger partial charge in [0.05, 0.1) is 9.90 Å². The smallest absolute Gasteiger partial charge is 0.315 e. The van der Waals surface area contributed by atoms with E-state index in [1.165, 1.54) is 6.20 Å². The van der Waals surface area contributed by atoms with Crippen LogP contribution in [-0.2, 0) is 12.7 Å². The molecule has 8 heteroatoms. The molecule has 19 heavy (non-hydrogen) atoms. The van der Waals surface area contributed by atoms with Gasteiger partial charge in [-0.25, -0.2) is 4.98 Å². The van der Waals surface area contributed by atoms with Crippen LogP contribution < -0.4 is 5.32 Å². The second-order valence-corrected chi connectivity index (χ2v) is 5.14. The topological polar surface area (TPSA) is 37.8 Å². The van der Waals surface area contributed by atoms with Gasteiger partial charge in [0.15, 0.2) is 5.69 Å². The van der Waals surface area contributed by atoms with Crippen molar-refractivity contribution in [2.45, 2.75) is 12.7 Å². The molecule has 2 rings (SSSR count). The first kappa shape index (κ1) is 14.2. The molecule has 0 spiro atoms. The Morgan fingerprint density at radius 1 is 1.42 bits per heavy atom. The summed E-state index contributed by atoms with van der Waals surface area (Å²) in [7, 11) is 1.58. The zero-order valence-corrected chi connectivity index (χ0v) is 11.3. The van der Waals surface area contributed by atoms with E-state index >= 15 is 0 Å². The third-order valence-electron chi connectivity index (χ3n) is 2.26. The van der Waals surface area contributed by atoms with Crippen LogP contribution in [-0.4, -0.2) is 17.0 Å². The van der Waals surface area contributed by atoms with Crippen molar-refractivity contribution in [1.29, 1.82) is 0 Å². The third-order valence-corrected chi connectivity index (χ3v) is 3.63. The molecule has 0 amide bonds. The standard InChI is InChI=1S/C11H9ClF3N3S/c1-16-5-7-9(11(13,14)15)18-10(19-7)8-6(12)3-2-4-17-8/h2-4,16H,5H2,1H3. The average molecular weight is 308 g/mol. The van der Waals surface area contributed by atoms with E-state index in [4.69, 9.17) is 11.6 Å². The highest BCUT2D eigenvalue weighted by Crippen LogP contribution is 2.38. The molecular weight excluding hydrogens is 299 g/mol. The van der Waals surface area contributed by atoms with Gasteiger partial charge in [-0.15, -0.1) is 11.3 Å². The molecule has 3 nitrogen and oxygen atoms in total. The normalized spacial score (nSPS) is 11.8. The van der Waals surface area contributed by atoms with E-state index in [1.807, 2.05) is 0 Å². The molecule has 0 unspecified atom stereocenters. The highest BCUT2D eigenvalue weighted by Gasteiger charge is 2.37. The lowest BCUT2D eigenvalue weighted by Gasteiger charge is -2.04. The van der Waals surface area contributed by atoms with Crippen molar-refractivity contribution in [2.24, 2.45) is 0 Å². The quantitative estimate of drug-likeness (QED) is 0.941. The van der Waals surface area contributed by atoms with E-state index in [9.17, 15) is 13.2 Å². The van der Waals surface area contributed by atoms with Crippen LogP contribution in [0.1, 0.15) is 10.6 Å². The summed E-state index contributed by atoms with van der Waals surface area (Å²) in [4.78, 5) is 7.73. The zero-order chi connectivity index (χ0) is 14.0. The maximum Gasteiger partial charge on any atom is 0.434 e. The maximum atomic E-state index is 12.9. The fourth-order valence-corrected chi connectivity index (χ4v) is 2.87. The number of hydrogen-bond acceptors (Lipinski definition) is 4. The SMILES string of the molecule is CNCc1sc(-c2ncccc2Cl)nc1C(F)(F)F. The van der Waals surface area contributed by atoms with Gasteiger partial charge in [-0.1, -0.05) is 11.6 Å². The first-order valence-electron chi connectivity index (χ1n) is 5.26. The molecule has 1 N–H and O–H groups in total. The van der Waals surface area contributed by atoms with Crippen LogP contribution in [0.2, 0.25) is 5.02 Å². The molecule has 2 heterocycles. The Balaban J connectivity index is 2.52. The van der Waals surface area contributed by atoms with Crippen molar-refractivity contribution in [2.75, 3.05) is 7.05 Å². The lowest BCUT2D eigenvalue weighted by molar-refractivity contribution is -0.141. The minimum absolute atomic E-state index is 0.0942. The van der Waals surface area contributed by atoms with E-state index in [0.717, 1.165) is 11.3 Å². The molecule has 102 valence electrons. The lowest BCUT2D eigenvalue weighted by Crippen LogP contribution is -2.12. The van der Waals surface area contributed by atoms with E-state index in [-0.39, 0.29) is 27.1 Å². The Morgan fingerprint density at radius 2 is 2.16 bits per heavy atom. The summed E-state index contributed by atoms with van der Waals surface area (Å²) in [6, 6.07) is 3.18. The number of thiazole rings is 1. The molecule has 0 aliphatic carbocycles. The molecule has 0 aromatic carbocycles. The number of hydrogen-bond donors (Lipinski definition) is 1. The predicted molar refractivity (Wildman–Crippen MR) is 68.1 cm³/mol. The summed E-state index contributed by atoms with van der Waals surface area (Å²) >= 11 is 6.86.